The fourth-order valence-electron chi connectivity index (χ4n) is 10.4. The van der Waals surface area contributed by atoms with Crippen molar-refractivity contribution in [3.8, 4) is 28.7 Å². The molecule has 11 rings (SSSR count). The van der Waals surface area contributed by atoms with E-state index in [0.717, 1.165) is 61.6 Å². The van der Waals surface area contributed by atoms with Crippen LogP contribution in [0.5, 0.6) is 11.6 Å². The fraction of sp³-hybridized carbons (Fsp3) is 0.164. The molecule has 0 spiro atoms. The van der Waals surface area contributed by atoms with Crippen molar-refractivity contribution < 1.29 is 10.2 Å². The van der Waals surface area contributed by atoms with Gasteiger partial charge in [0.2, 0.25) is 5.88 Å². The number of allylic oxidation sites excluding steroid dienone is 8. The van der Waals surface area contributed by atoms with Crippen LogP contribution in [0.4, 0.5) is 22.7 Å². The van der Waals surface area contributed by atoms with Gasteiger partial charge in [-0.05, 0) is 118 Å². The first kappa shape index (κ1) is 45.6. The van der Waals surface area contributed by atoms with Crippen LogP contribution in [0.1, 0.15) is 93.6 Å². The molecule has 0 unspecified atom stereocenters. The number of para-hydroxylation sites is 4. The first-order valence-corrected chi connectivity index (χ1v) is 26.4. The largest absolute Gasteiger partial charge is 0.439 e. The molecule has 0 atom stereocenters. The summed E-state index contributed by atoms with van der Waals surface area (Å²) in [6.45, 7) is 15.7. The Bertz CT molecular complexity index is 3930. The normalized spacial score (nSPS) is 19.1. The van der Waals surface area contributed by atoms with Crippen molar-refractivity contribution in [3.63, 3.8) is 0 Å². The summed E-state index contributed by atoms with van der Waals surface area (Å²) in [5.41, 5.74) is 14.1. The first-order chi connectivity index (χ1) is 39.2. The first-order valence-electron chi connectivity index (χ1n) is 28.4. The van der Waals surface area contributed by atoms with Gasteiger partial charge in [0.1, 0.15) is 18.2 Å². The molecule has 2 radical (unpaired) electrons. The Labute approximate surface area is 461 Å². The number of ether oxygens (including phenoxy) is 1. The number of pyridine rings is 2. The Hall–Kier alpha value is -8.75. The summed E-state index contributed by atoms with van der Waals surface area (Å²) < 4.78 is 44.9. The van der Waals surface area contributed by atoms with Crippen molar-refractivity contribution in [2.45, 2.75) is 65.7 Å². The predicted octanol–water partition coefficient (Wildman–Crippen LogP) is 16.2. The van der Waals surface area contributed by atoms with Crippen LogP contribution in [0.25, 0.3) is 49.8 Å². The van der Waals surface area contributed by atoms with Gasteiger partial charge in [-0.25, -0.2) is 9.97 Å². The molecule has 0 saturated carbocycles. The van der Waals surface area contributed by atoms with E-state index in [2.05, 4.69) is 174 Å². The van der Waals surface area contributed by atoms with Crippen LogP contribution in [0.15, 0.2) is 219 Å². The second-order valence-electron chi connectivity index (χ2n) is 21.0. The maximum Gasteiger partial charge on any atom is 0.221 e. The van der Waals surface area contributed by atoms with Gasteiger partial charge in [-0.3, -0.25) is 4.57 Å². The molecule has 2 N–H and O–H groups in total. The molecule has 3 aromatic heterocycles. The maximum absolute atomic E-state index is 9.26. The minimum atomic E-state index is -0.311. The van der Waals surface area contributed by atoms with E-state index in [-0.39, 0.29) is 41.4 Å². The standard InChI is InChI=1S/C67H63B2N7O/c1-45(2)50-21-16-22-51(46(3)4)65(50)58-41-48(42-64(73-58)77-49-30-31-53-52-20-8-9-27-59(52)76(62(53)43-49)63-40-47(32-39-72-63)67(5,6)7)74-44-75(61-29-11-10-28-60(61)74)66-54(56-25-18-37-70-35-14-12-33-68-56)23-17-24-55(66)57-26-19-38-71-36-15-13-34-69-57/h8-43,45-46,70-71H,44H2,1-7H3/b33-12-,34-13-,35-14-,36-15-,37-18-,38-19-,56-25-,57-26-/i8D,9D,20D,27D. The van der Waals surface area contributed by atoms with Gasteiger partial charge in [-0.15, -0.1) is 12.0 Å². The molecule has 77 heavy (non-hydrogen) atoms. The number of nitrogens with one attached hydrogen (secondary N) is 2. The van der Waals surface area contributed by atoms with Crippen molar-refractivity contribution in [2.75, 3.05) is 16.5 Å². The number of nitrogens with zero attached hydrogens (tertiary/aromatic N) is 5. The van der Waals surface area contributed by atoms with E-state index in [1.165, 1.54) is 11.1 Å². The molecular weight excluding hydrogens is 940 g/mol. The third-order valence-electron chi connectivity index (χ3n) is 14.2. The molecular formula is C67H63B2N7O. The van der Waals surface area contributed by atoms with Gasteiger partial charge in [0.15, 0.2) is 14.6 Å². The highest BCUT2D eigenvalue weighted by Gasteiger charge is 2.33. The summed E-state index contributed by atoms with van der Waals surface area (Å²) in [4.78, 5) is 15.0. The number of rotatable bonds is 10. The molecule has 8 aromatic rings. The molecule has 0 fully saturated rings. The smallest absolute Gasteiger partial charge is 0.221 e. The Balaban J connectivity index is 1.11. The molecule has 8 nitrogen and oxygen atoms in total. The summed E-state index contributed by atoms with van der Waals surface area (Å²) in [5, 5.41) is 7.54. The molecule has 3 aliphatic heterocycles. The van der Waals surface area contributed by atoms with Crippen LogP contribution in [0, 0.1) is 0 Å². The van der Waals surface area contributed by atoms with E-state index in [9.17, 15) is 2.74 Å². The molecule has 5 aromatic carbocycles. The molecule has 0 aliphatic carbocycles. The van der Waals surface area contributed by atoms with Crippen LogP contribution in [-0.2, 0) is 5.41 Å². The lowest BCUT2D eigenvalue weighted by Crippen LogP contribution is -2.26. The molecule has 10 heteroatoms. The number of hydrogen-bond donors (Lipinski definition) is 2. The number of benzene rings is 5. The van der Waals surface area contributed by atoms with E-state index in [1.54, 1.807) is 6.20 Å². The number of aromatic nitrogens is 3. The monoisotopic (exact) mass is 1010 g/mol. The van der Waals surface area contributed by atoms with E-state index >= 15 is 0 Å². The Morgan fingerprint density at radius 3 is 1.94 bits per heavy atom. The Kier molecular flexibility index (Phi) is 12.9. The van der Waals surface area contributed by atoms with E-state index in [1.807, 2.05) is 102 Å². The quantitative estimate of drug-likeness (QED) is 0.132. The van der Waals surface area contributed by atoms with Crippen LogP contribution in [0.3, 0.4) is 0 Å². The van der Waals surface area contributed by atoms with E-state index in [0.29, 0.717) is 45.9 Å². The number of hydrogen-bond acceptors (Lipinski definition) is 7. The van der Waals surface area contributed by atoms with Gasteiger partial charge >= 0.3 is 0 Å². The third-order valence-corrected chi connectivity index (χ3v) is 14.2. The van der Waals surface area contributed by atoms with Crippen LogP contribution < -0.4 is 25.2 Å². The van der Waals surface area contributed by atoms with Gasteiger partial charge in [-0.2, -0.15) is 0 Å². The lowest BCUT2D eigenvalue weighted by atomic mass is 9.63. The van der Waals surface area contributed by atoms with Crippen molar-refractivity contribution in [3.05, 3.63) is 247 Å². The topological polar surface area (TPSA) is 70.5 Å². The van der Waals surface area contributed by atoms with Crippen LogP contribution >= 0.6 is 0 Å². The summed E-state index contributed by atoms with van der Waals surface area (Å²) in [6, 6.07) is 34.6. The second-order valence-corrected chi connectivity index (χ2v) is 21.0. The van der Waals surface area contributed by atoms with Crippen LogP contribution in [-0.4, -0.2) is 35.8 Å². The summed E-state index contributed by atoms with van der Waals surface area (Å²) in [6.07, 6.45) is 25.8. The number of fused-ring (bicyclic) bond motifs is 4. The molecule has 6 heterocycles. The molecule has 3 aliphatic rings. The third kappa shape index (κ3) is 10.4. The molecule has 0 saturated heterocycles. The molecule has 0 bridgehead atoms. The number of anilines is 4. The van der Waals surface area contributed by atoms with Gasteiger partial charge in [-0.1, -0.05) is 150 Å². The van der Waals surface area contributed by atoms with Crippen molar-refractivity contribution in [1.82, 2.24) is 25.2 Å². The summed E-state index contributed by atoms with van der Waals surface area (Å²) >= 11 is 0. The predicted molar refractivity (Wildman–Crippen MR) is 326 cm³/mol. The molecule has 0 amide bonds. The minimum Gasteiger partial charge on any atom is -0.439 e. The zero-order chi connectivity index (χ0) is 56.5. The average Bonchev–Trinajstić information content (AvgIpc) is 4.21. The zero-order valence-electron chi connectivity index (χ0n) is 48.6. The lowest BCUT2D eigenvalue weighted by Gasteiger charge is -2.29. The minimum absolute atomic E-state index is 0.114. The van der Waals surface area contributed by atoms with Crippen LogP contribution in [0.2, 0.25) is 0 Å². The Morgan fingerprint density at radius 2 is 1.27 bits per heavy atom. The second kappa shape index (κ2) is 21.8. The highest BCUT2D eigenvalue weighted by atomic mass is 16.5. The highest BCUT2D eigenvalue weighted by Crippen LogP contribution is 2.50. The van der Waals surface area contributed by atoms with E-state index < -0.39 is 0 Å². The summed E-state index contributed by atoms with van der Waals surface area (Å²) in [5.74, 6) is 5.90. The summed E-state index contributed by atoms with van der Waals surface area (Å²) in [7, 11) is 4.32. The average molecular weight is 1010 g/mol. The van der Waals surface area contributed by atoms with Crippen molar-refractivity contribution >= 4 is 70.1 Å². The zero-order valence-corrected chi connectivity index (χ0v) is 44.6. The van der Waals surface area contributed by atoms with Gasteiger partial charge in [0.05, 0.1) is 45.0 Å². The maximum atomic E-state index is 9.26. The Morgan fingerprint density at radius 1 is 0.636 bits per heavy atom. The lowest BCUT2D eigenvalue weighted by molar-refractivity contribution is 0.464. The van der Waals surface area contributed by atoms with Gasteiger partial charge in [0.25, 0.3) is 0 Å². The van der Waals surface area contributed by atoms with Gasteiger partial charge in [0, 0.05) is 59.5 Å². The SMILES string of the molecule is [2H]c1c([2H])c([2H])c2c(c1[2H])c1ccc(Oc3cc(N4CN(c5c(/C6=C/C=C\N/C=C\C=C/[B]6)cccc5/C5=C/C=C\N/C=C\C=C/[B]5)c5ccccc54)cc(-c4c(C(C)C)cccc4C(C)C)n3)cc1n2-c1cc(C(C)(C)C)ccn1. The van der Waals surface area contributed by atoms with E-state index in [4.69, 9.17) is 17.4 Å². The highest BCUT2D eigenvalue weighted by molar-refractivity contribution is 6.67. The van der Waals surface area contributed by atoms with Gasteiger partial charge < -0.3 is 25.2 Å². The van der Waals surface area contributed by atoms with Crippen molar-refractivity contribution in [2.24, 2.45) is 0 Å². The van der Waals surface area contributed by atoms with Crippen molar-refractivity contribution in [1.29, 1.82) is 0 Å². The molecule has 378 valence electrons. The fourth-order valence-corrected chi connectivity index (χ4v) is 10.4.